The van der Waals surface area contributed by atoms with Gasteiger partial charge in [-0.05, 0) is 95.0 Å². The Morgan fingerprint density at radius 3 is 2.27 bits per heavy atom. The lowest BCUT2D eigenvalue weighted by molar-refractivity contribution is -0.197. The number of ether oxygens (including phenoxy) is 5. The van der Waals surface area contributed by atoms with Crippen LogP contribution in [0.15, 0.2) is 54.1 Å². The number of hydrogen-bond donors (Lipinski definition) is 6. The Morgan fingerprint density at radius 1 is 0.933 bits per heavy atom. The first kappa shape index (κ1) is 70.2. The fraction of sp³-hybridized carbons (Fsp3) is 0.565. The number of unbranched alkanes of at least 4 members (excludes halogenated alkanes) is 1. The third-order valence-electron chi connectivity index (χ3n) is 16.5. The number of allylic oxidation sites excluding steroid dienone is 3. The lowest BCUT2D eigenvalue weighted by atomic mass is 9.78. The van der Waals surface area contributed by atoms with Gasteiger partial charge in [-0.25, -0.2) is 14.4 Å². The number of esters is 2. The van der Waals surface area contributed by atoms with Gasteiger partial charge in [-0.2, -0.15) is 0 Å². The van der Waals surface area contributed by atoms with Gasteiger partial charge in [0.15, 0.2) is 0 Å². The molecule has 4 aliphatic rings. The van der Waals surface area contributed by atoms with E-state index in [0.29, 0.717) is 27.8 Å². The largest absolute Gasteiger partial charge is 0.497 e. The van der Waals surface area contributed by atoms with E-state index in [9.17, 15) is 57.8 Å². The molecule has 0 aliphatic carbocycles. The maximum absolute atomic E-state index is 14.7. The molecule has 89 heavy (non-hydrogen) atoms. The standard InChI is InChI=1S/C62H83ClN8O18/c1-33(2)54(68-47(72)19-12-13-20-51(76)89-71-48(73)23-24-49(71)74)57(79)66-41(17-15-25-65-60(64)82)56(78)67-42-29-39(84-10)21-22-40(42)58(80)69(8)37(6)59(81)87-46-30-50(75)70(9)43-28-38(27-35(4)53(43)63)26-34(3)16-14-18-45(85-11)62(83)31-44(86-52(77)32-62)36(5)55-61(46,7)88-55/h14,16,18,21-22,27-29,33,36-37,41,44-46,54-55,83H,12-13,15,17,19-20,23-26,30-32H2,1-11H3,(H,66,79)(H,67,78)(H,68,72)(H3,64,65,82)/b18-14+,34-16+/t36-,37+,41+,44+,45-,46+,54+,55+,61+,62-/m1/s1. The molecule has 10 atom stereocenters. The van der Waals surface area contributed by atoms with Gasteiger partial charge < -0.3 is 70.4 Å². The molecular weight excluding hydrogens is 1180 g/mol. The van der Waals surface area contributed by atoms with Crippen molar-refractivity contribution in [3.8, 4) is 5.75 Å². The minimum absolute atomic E-state index is 0.00307. The number of urea groups is 1. The van der Waals surface area contributed by atoms with E-state index >= 15 is 0 Å². The number of epoxide rings is 1. The van der Waals surface area contributed by atoms with Gasteiger partial charge in [-0.15, -0.1) is 5.06 Å². The van der Waals surface area contributed by atoms with Gasteiger partial charge in [-0.3, -0.25) is 38.4 Å². The molecule has 486 valence electrons. The van der Waals surface area contributed by atoms with E-state index in [2.05, 4.69) is 21.3 Å². The molecule has 2 aromatic rings. The van der Waals surface area contributed by atoms with Crippen LogP contribution < -0.4 is 36.6 Å². The minimum Gasteiger partial charge on any atom is -0.497 e. The summed E-state index contributed by atoms with van der Waals surface area (Å²) in [7, 11) is 5.67. The zero-order valence-corrected chi connectivity index (χ0v) is 52.9. The van der Waals surface area contributed by atoms with Crippen molar-refractivity contribution >= 4 is 88.3 Å². The van der Waals surface area contributed by atoms with Crippen LogP contribution in [0.5, 0.6) is 5.75 Å². The number of halogens is 1. The van der Waals surface area contributed by atoms with Crippen LogP contribution in [0.25, 0.3) is 0 Å². The average Bonchev–Trinajstić information content (AvgIpc) is 1.60. The van der Waals surface area contributed by atoms with Gasteiger partial charge in [0.2, 0.25) is 23.6 Å². The number of amides is 9. The number of primary amides is 1. The van der Waals surface area contributed by atoms with E-state index in [1.54, 1.807) is 53.0 Å². The third kappa shape index (κ3) is 17.9. The van der Waals surface area contributed by atoms with E-state index in [1.165, 1.54) is 51.3 Å². The van der Waals surface area contributed by atoms with Crippen LogP contribution in [0.1, 0.15) is 134 Å². The van der Waals surface area contributed by atoms with Crippen molar-refractivity contribution in [3.63, 3.8) is 0 Å². The second-order valence-corrected chi connectivity index (χ2v) is 24.1. The van der Waals surface area contributed by atoms with Gasteiger partial charge in [0, 0.05) is 71.8 Å². The van der Waals surface area contributed by atoms with Crippen LogP contribution in [0, 0.1) is 18.8 Å². The number of anilines is 2. The van der Waals surface area contributed by atoms with Crippen molar-refractivity contribution in [3.05, 3.63) is 75.8 Å². The van der Waals surface area contributed by atoms with Gasteiger partial charge in [0.25, 0.3) is 17.7 Å². The molecule has 26 nitrogen and oxygen atoms in total. The van der Waals surface area contributed by atoms with E-state index in [4.69, 9.17) is 45.9 Å². The first-order chi connectivity index (χ1) is 41.9. The zero-order valence-electron chi connectivity index (χ0n) is 52.2. The summed E-state index contributed by atoms with van der Waals surface area (Å²) >= 11 is 6.88. The maximum atomic E-state index is 14.7. The van der Waals surface area contributed by atoms with Crippen molar-refractivity contribution in [2.24, 2.45) is 17.6 Å². The SMILES string of the molecule is COc1ccc(C(=O)N(C)[C@@H](C)C(=O)O[C@H]2CC(=O)N(C)c3cc(cc(C)c3Cl)C/C(C)=C/C=C/[C@@H](OC)[C@]3(O)CC(=O)O[C@@H](C3)[C@@H](C)[C@@H]3O[C@@]23C)c(NC(=O)[C@H](CCCNC(N)=O)NC(=O)[C@@H](NC(=O)CCCCC(=O)ON2C(=O)CCC2=O)C(C)C)c1. The monoisotopic (exact) mass is 1260 g/mol. The van der Waals surface area contributed by atoms with E-state index in [0.717, 1.165) is 16.0 Å². The third-order valence-corrected chi connectivity index (χ3v) is 17.0. The molecule has 6 rings (SSSR count). The number of carbonyl (C=O) groups excluding carboxylic acids is 11. The van der Waals surface area contributed by atoms with E-state index in [-0.39, 0.29) is 87.8 Å². The number of nitrogens with two attached hydrogens (primary N) is 1. The number of aliphatic hydroxyl groups is 1. The molecule has 3 saturated heterocycles. The van der Waals surface area contributed by atoms with Crippen molar-refractivity contribution in [1.82, 2.24) is 25.9 Å². The number of methoxy groups -OCH3 is 2. The van der Waals surface area contributed by atoms with Crippen molar-refractivity contribution in [1.29, 1.82) is 0 Å². The Bertz CT molecular complexity index is 3100. The van der Waals surface area contributed by atoms with Gasteiger partial charge >= 0.3 is 23.9 Å². The fourth-order valence-corrected chi connectivity index (χ4v) is 11.2. The van der Waals surface area contributed by atoms with Crippen molar-refractivity contribution < 1.29 is 86.4 Å². The highest BCUT2D eigenvalue weighted by Crippen LogP contribution is 2.50. The Kier molecular flexibility index (Phi) is 24.1. The van der Waals surface area contributed by atoms with Crippen molar-refractivity contribution in [2.75, 3.05) is 45.1 Å². The zero-order chi connectivity index (χ0) is 65.8. The number of nitrogens with zero attached hydrogens (tertiary/aromatic N) is 3. The lowest BCUT2D eigenvalue weighted by Gasteiger charge is -2.41. The normalized spacial score (nSPS) is 24.8. The van der Waals surface area contributed by atoms with Crippen LogP contribution in [0.2, 0.25) is 5.02 Å². The molecule has 9 amide bonds. The summed E-state index contributed by atoms with van der Waals surface area (Å²) < 4.78 is 29.7. The molecule has 0 unspecified atom stereocenters. The predicted octanol–water partition coefficient (Wildman–Crippen LogP) is 4.57. The van der Waals surface area contributed by atoms with Crippen LogP contribution in [-0.4, -0.2) is 169 Å². The van der Waals surface area contributed by atoms with Crippen LogP contribution >= 0.6 is 11.6 Å². The molecule has 7 N–H and O–H groups in total. The van der Waals surface area contributed by atoms with E-state index in [1.807, 2.05) is 26.0 Å². The number of imide groups is 1. The number of fused-ring (bicyclic) bond motifs is 5. The highest BCUT2D eigenvalue weighted by molar-refractivity contribution is 6.34. The number of aryl methyl sites for hydroxylation is 1. The number of likely N-dealkylation sites (N-methyl/N-ethyl adjacent to an activating group) is 1. The van der Waals surface area contributed by atoms with Crippen LogP contribution in [0.4, 0.5) is 16.2 Å². The Morgan fingerprint density at radius 2 is 1.62 bits per heavy atom. The Balaban J connectivity index is 1.21. The summed E-state index contributed by atoms with van der Waals surface area (Å²) in [5.74, 6) is -8.09. The Labute approximate surface area is 522 Å². The number of rotatable bonds is 22. The van der Waals surface area contributed by atoms with E-state index < -0.39 is 137 Å². The number of hydroxylamine groups is 2. The average molecular weight is 1260 g/mol. The highest BCUT2D eigenvalue weighted by Gasteiger charge is 2.64. The molecule has 3 fully saturated rings. The van der Waals surface area contributed by atoms with Crippen LogP contribution in [-0.2, 0) is 73.4 Å². The first-order valence-electron chi connectivity index (χ1n) is 29.6. The molecule has 0 radical (unpaired) electrons. The quantitative estimate of drug-likeness (QED) is 0.0407. The molecular formula is C62H83ClN8O18. The summed E-state index contributed by atoms with van der Waals surface area (Å²) in [4.78, 5) is 154. The summed E-state index contributed by atoms with van der Waals surface area (Å²) in [6, 6.07) is 3.13. The van der Waals surface area contributed by atoms with Gasteiger partial charge in [0.1, 0.15) is 53.4 Å². The topological polar surface area (TPSA) is 351 Å². The molecule has 4 aliphatic heterocycles. The van der Waals surface area contributed by atoms with Crippen molar-refractivity contribution in [2.45, 2.75) is 179 Å². The smallest absolute Gasteiger partial charge is 0.333 e. The van der Waals surface area contributed by atoms with Crippen LogP contribution in [0.3, 0.4) is 0 Å². The minimum atomic E-state index is -1.68. The molecule has 27 heteroatoms. The number of carbonyl (C=O) groups is 11. The second-order valence-electron chi connectivity index (χ2n) is 23.7. The van der Waals surface area contributed by atoms with Gasteiger partial charge in [0.05, 0.1) is 48.0 Å². The lowest BCUT2D eigenvalue weighted by Crippen LogP contribution is -2.54. The molecule has 0 saturated carbocycles. The van der Waals surface area contributed by atoms with Gasteiger partial charge in [-0.1, -0.05) is 62.2 Å². The highest BCUT2D eigenvalue weighted by atomic mass is 35.5. The predicted molar refractivity (Wildman–Crippen MR) is 322 cm³/mol. The summed E-state index contributed by atoms with van der Waals surface area (Å²) in [6.45, 7) is 11.9. The number of hydrogen-bond acceptors (Lipinski definition) is 18. The summed E-state index contributed by atoms with van der Waals surface area (Å²) in [5.41, 5.74) is 4.82. The molecule has 0 spiro atoms. The molecule has 4 heterocycles. The number of nitrogens with one attached hydrogen (secondary N) is 4. The molecule has 2 aromatic carbocycles. The summed E-state index contributed by atoms with van der Waals surface area (Å²) in [6.07, 6.45) is 0.883. The fourth-order valence-electron chi connectivity index (χ4n) is 11.0. The molecule has 4 bridgehead atoms. The molecule has 0 aromatic heterocycles. The summed E-state index contributed by atoms with van der Waals surface area (Å²) in [5, 5.41) is 23.3. The maximum Gasteiger partial charge on any atom is 0.333 e. The second kappa shape index (κ2) is 30.5. The Hall–Kier alpha value is -7.94. The first-order valence-corrected chi connectivity index (χ1v) is 30.0. The number of benzene rings is 2.